The third kappa shape index (κ3) is 2.81. The molecule has 1 aliphatic rings. The Morgan fingerprint density at radius 1 is 1.61 bits per heavy atom. The largest absolute Gasteiger partial charge is 0.476 e. The number of anilines is 2. The molecule has 0 aliphatic carbocycles. The molecule has 0 amide bonds. The van der Waals surface area contributed by atoms with Crippen LogP contribution in [0.5, 0.6) is 5.88 Å². The van der Waals surface area contributed by atoms with Crippen molar-refractivity contribution in [1.82, 2.24) is 9.97 Å². The van der Waals surface area contributed by atoms with Gasteiger partial charge in [-0.05, 0) is 26.7 Å². The molecule has 1 aromatic rings. The second kappa shape index (κ2) is 5.86. The van der Waals surface area contributed by atoms with Crippen molar-refractivity contribution in [3.8, 4) is 5.88 Å². The lowest BCUT2D eigenvalue weighted by atomic mass is 10.1. The Bertz CT molecular complexity index is 394. The topological polar surface area (TPSA) is 82.3 Å². The van der Waals surface area contributed by atoms with Crippen molar-refractivity contribution in [2.75, 3.05) is 24.3 Å². The molecule has 1 fully saturated rings. The van der Waals surface area contributed by atoms with E-state index in [-0.39, 0.29) is 12.1 Å². The first-order chi connectivity index (χ1) is 8.72. The highest BCUT2D eigenvalue weighted by Gasteiger charge is 2.23. The first kappa shape index (κ1) is 12.9. The minimum atomic E-state index is 0.166. The molecule has 2 heterocycles. The molecule has 0 saturated carbocycles. The van der Waals surface area contributed by atoms with Gasteiger partial charge in [0.05, 0.1) is 18.8 Å². The maximum atomic E-state index is 5.96. The van der Waals surface area contributed by atoms with Crippen molar-refractivity contribution in [3.05, 3.63) is 6.33 Å². The Labute approximate surface area is 107 Å². The van der Waals surface area contributed by atoms with Crippen LogP contribution in [0.1, 0.15) is 26.7 Å². The summed E-state index contributed by atoms with van der Waals surface area (Å²) in [5.74, 6) is 1.03. The van der Waals surface area contributed by atoms with Gasteiger partial charge in [0.25, 0.3) is 0 Å². The van der Waals surface area contributed by atoms with Crippen LogP contribution in [0, 0.1) is 0 Å². The molecule has 18 heavy (non-hydrogen) atoms. The second-order valence-corrected chi connectivity index (χ2v) is 4.36. The fraction of sp³-hybridized carbons (Fsp3) is 0.667. The molecule has 100 valence electrons. The smallest absolute Gasteiger partial charge is 0.242 e. The number of nitrogen functional groups attached to an aromatic ring is 1. The Balaban J connectivity index is 2.06. The molecule has 2 unspecified atom stereocenters. The van der Waals surface area contributed by atoms with Crippen molar-refractivity contribution in [2.24, 2.45) is 0 Å². The third-order valence-corrected chi connectivity index (χ3v) is 3.02. The molecular weight excluding hydrogens is 232 g/mol. The van der Waals surface area contributed by atoms with E-state index in [1.807, 2.05) is 6.92 Å². The van der Waals surface area contributed by atoms with E-state index in [1.54, 1.807) is 0 Å². The van der Waals surface area contributed by atoms with Crippen LogP contribution >= 0.6 is 0 Å². The normalized spacial score (nSPS) is 20.7. The number of nitrogens with zero attached hydrogens (tertiary/aromatic N) is 2. The lowest BCUT2D eigenvalue weighted by Crippen LogP contribution is -2.30. The van der Waals surface area contributed by atoms with Gasteiger partial charge in [0.1, 0.15) is 12.0 Å². The van der Waals surface area contributed by atoms with Crippen molar-refractivity contribution >= 4 is 11.5 Å². The van der Waals surface area contributed by atoms with E-state index in [2.05, 4.69) is 22.2 Å². The van der Waals surface area contributed by atoms with Crippen molar-refractivity contribution in [3.63, 3.8) is 0 Å². The molecule has 1 aliphatic heterocycles. The average Bonchev–Trinajstić information content (AvgIpc) is 2.88. The van der Waals surface area contributed by atoms with E-state index >= 15 is 0 Å². The summed E-state index contributed by atoms with van der Waals surface area (Å²) < 4.78 is 11.0. The summed E-state index contributed by atoms with van der Waals surface area (Å²) in [4.78, 5) is 8.15. The Morgan fingerprint density at radius 2 is 2.44 bits per heavy atom. The van der Waals surface area contributed by atoms with Crippen LogP contribution < -0.4 is 15.8 Å². The molecule has 1 saturated heterocycles. The van der Waals surface area contributed by atoms with E-state index in [9.17, 15) is 0 Å². The summed E-state index contributed by atoms with van der Waals surface area (Å²) in [6, 6.07) is 0.166. The molecule has 0 radical (unpaired) electrons. The predicted octanol–water partition coefficient (Wildman–Crippen LogP) is 1.44. The van der Waals surface area contributed by atoms with Gasteiger partial charge >= 0.3 is 0 Å². The average molecular weight is 252 g/mol. The standard InChI is InChI=1S/C12H20N4O2/c1-3-17-12-10(13)11(14-7-15-12)16-8(2)9-5-4-6-18-9/h7-9H,3-6,13H2,1-2H3,(H,14,15,16). The van der Waals surface area contributed by atoms with Crippen LogP contribution in [0.2, 0.25) is 0 Å². The van der Waals surface area contributed by atoms with Crippen LogP contribution in [0.4, 0.5) is 11.5 Å². The van der Waals surface area contributed by atoms with Gasteiger partial charge in [-0.3, -0.25) is 0 Å². The number of nitrogens with two attached hydrogens (primary N) is 1. The van der Waals surface area contributed by atoms with E-state index in [1.165, 1.54) is 6.33 Å². The maximum absolute atomic E-state index is 5.96. The molecule has 6 nitrogen and oxygen atoms in total. The zero-order valence-corrected chi connectivity index (χ0v) is 10.8. The number of nitrogens with one attached hydrogen (secondary N) is 1. The molecule has 2 atom stereocenters. The molecule has 0 bridgehead atoms. The fourth-order valence-electron chi connectivity index (χ4n) is 2.05. The summed E-state index contributed by atoms with van der Waals surface area (Å²) in [6.45, 7) is 5.32. The van der Waals surface area contributed by atoms with E-state index in [0.717, 1.165) is 19.4 Å². The first-order valence-corrected chi connectivity index (χ1v) is 6.33. The van der Waals surface area contributed by atoms with Gasteiger partial charge in [0.2, 0.25) is 5.88 Å². The highest BCUT2D eigenvalue weighted by atomic mass is 16.5. The van der Waals surface area contributed by atoms with E-state index < -0.39 is 0 Å². The van der Waals surface area contributed by atoms with Gasteiger partial charge in [0.15, 0.2) is 5.82 Å². The van der Waals surface area contributed by atoms with Crippen LogP contribution in [0.15, 0.2) is 6.33 Å². The van der Waals surface area contributed by atoms with Gasteiger partial charge in [-0.25, -0.2) is 4.98 Å². The van der Waals surface area contributed by atoms with E-state index in [0.29, 0.717) is 24.0 Å². The van der Waals surface area contributed by atoms with Crippen LogP contribution in [0.25, 0.3) is 0 Å². The highest BCUT2D eigenvalue weighted by Crippen LogP contribution is 2.26. The molecule has 0 aromatic carbocycles. The van der Waals surface area contributed by atoms with Crippen molar-refractivity contribution in [1.29, 1.82) is 0 Å². The molecule has 0 spiro atoms. The molecule has 2 rings (SSSR count). The molecule has 6 heteroatoms. The van der Waals surface area contributed by atoms with Crippen molar-refractivity contribution in [2.45, 2.75) is 38.8 Å². The number of aromatic nitrogens is 2. The predicted molar refractivity (Wildman–Crippen MR) is 69.7 cm³/mol. The number of hydrogen-bond acceptors (Lipinski definition) is 6. The van der Waals surface area contributed by atoms with Gasteiger partial charge < -0.3 is 20.5 Å². The van der Waals surface area contributed by atoms with Crippen LogP contribution in [-0.4, -0.2) is 35.3 Å². The van der Waals surface area contributed by atoms with Gasteiger partial charge in [-0.15, -0.1) is 0 Å². The third-order valence-electron chi connectivity index (χ3n) is 3.02. The zero-order valence-electron chi connectivity index (χ0n) is 10.8. The summed E-state index contributed by atoms with van der Waals surface area (Å²) in [5, 5.41) is 3.27. The van der Waals surface area contributed by atoms with E-state index in [4.69, 9.17) is 15.2 Å². The fourth-order valence-corrected chi connectivity index (χ4v) is 2.05. The first-order valence-electron chi connectivity index (χ1n) is 6.33. The Morgan fingerprint density at radius 3 is 3.11 bits per heavy atom. The number of hydrogen-bond donors (Lipinski definition) is 2. The maximum Gasteiger partial charge on any atom is 0.242 e. The minimum Gasteiger partial charge on any atom is -0.476 e. The number of rotatable bonds is 5. The molecule has 3 N–H and O–H groups in total. The zero-order chi connectivity index (χ0) is 13.0. The monoisotopic (exact) mass is 252 g/mol. The van der Waals surface area contributed by atoms with Crippen molar-refractivity contribution < 1.29 is 9.47 Å². The van der Waals surface area contributed by atoms with Crippen LogP contribution in [0.3, 0.4) is 0 Å². The second-order valence-electron chi connectivity index (χ2n) is 4.36. The lowest BCUT2D eigenvalue weighted by molar-refractivity contribution is 0.0996. The minimum absolute atomic E-state index is 0.166. The Hall–Kier alpha value is -1.56. The summed E-state index contributed by atoms with van der Waals surface area (Å²) in [6.07, 6.45) is 3.85. The van der Waals surface area contributed by atoms with Crippen LogP contribution in [-0.2, 0) is 4.74 Å². The molecule has 1 aromatic heterocycles. The highest BCUT2D eigenvalue weighted by molar-refractivity contribution is 5.66. The number of ether oxygens (including phenoxy) is 2. The summed E-state index contributed by atoms with van der Waals surface area (Å²) in [5.41, 5.74) is 6.41. The van der Waals surface area contributed by atoms with Gasteiger partial charge in [-0.2, -0.15) is 4.98 Å². The Kier molecular flexibility index (Phi) is 4.19. The summed E-state index contributed by atoms with van der Waals surface area (Å²) in [7, 11) is 0. The quantitative estimate of drug-likeness (QED) is 0.825. The van der Waals surface area contributed by atoms with Gasteiger partial charge in [0, 0.05) is 6.61 Å². The molecular formula is C12H20N4O2. The SMILES string of the molecule is CCOc1ncnc(NC(C)C2CCCO2)c1N. The van der Waals surface area contributed by atoms with Gasteiger partial charge in [-0.1, -0.05) is 0 Å². The summed E-state index contributed by atoms with van der Waals surface area (Å²) >= 11 is 0. The lowest BCUT2D eigenvalue weighted by Gasteiger charge is -2.21.